The molecule has 4 nitrogen and oxygen atoms in total. The molecule has 1 amide bonds. The van der Waals surface area contributed by atoms with Crippen LogP contribution in [-0.4, -0.2) is 18.9 Å². The second-order valence-corrected chi connectivity index (χ2v) is 3.21. The summed E-state index contributed by atoms with van der Waals surface area (Å²) in [6.07, 6.45) is -4.06. The lowest BCUT2D eigenvalue weighted by Crippen LogP contribution is -2.18. The van der Waals surface area contributed by atoms with E-state index in [1.54, 1.807) is 6.92 Å². The zero-order valence-corrected chi connectivity index (χ0v) is 9.49. The van der Waals surface area contributed by atoms with Crippen LogP contribution in [0.15, 0.2) is 29.4 Å². The summed E-state index contributed by atoms with van der Waals surface area (Å²) in [6.45, 7) is 1.81. The number of carbonyl (C=O) groups is 1. The maximum atomic E-state index is 12.4. The van der Waals surface area contributed by atoms with E-state index in [4.69, 9.17) is 0 Å². The van der Waals surface area contributed by atoms with Gasteiger partial charge in [0.05, 0.1) is 18.4 Å². The minimum atomic E-state index is -4.40. The molecular formula is C11H11F3N2O2. The fraction of sp³-hybridized carbons (Fsp3) is 0.273. The molecule has 0 radical (unpaired) electrons. The summed E-state index contributed by atoms with van der Waals surface area (Å²) in [5.41, 5.74) is 1.47. The smallest absolute Gasteiger partial charge is 0.427 e. The molecule has 0 spiro atoms. The molecule has 0 unspecified atom stereocenters. The Kier molecular flexibility index (Phi) is 4.70. The highest BCUT2D eigenvalue weighted by atomic mass is 19.4. The van der Waals surface area contributed by atoms with Gasteiger partial charge in [0.15, 0.2) is 0 Å². The van der Waals surface area contributed by atoms with E-state index in [1.165, 1.54) is 12.1 Å². The number of hydrogen-bond donors (Lipinski definition) is 1. The van der Waals surface area contributed by atoms with E-state index in [0.29, 0.717) is 0 Å². The van der Waals surface area contributed by atoms with Crippen LogP contribution in [-0.2, 0) is 10.9 Å². The molecule has 0 saturated carbocycles. The van der Waals surface area contributed by atoms with Crippen LogP contribution in [0.4, 0.5) is 18.0 Å². The molecule has 0 aliphatic rings. The Morgan fingerprint density at radius 3 is 2.83 bits per heavy atom. The minimum Gasteiger partial charge on any atom is -0.449 e. The molecule has 1 aromatic rings. The van der Waals surface area contributed by atoms with Gasteiger partial charge in [0.2, 0.25) is 0 Å². The van der Waals surface area contributed by atoms with Crippen molar-refractivity contribution in [3.63, 3.8) is 0 Å². The Hall–Kier alpha value is -2.05. The van der Waals surface area contributed by atoms with Crippen LogP contribution in [0.3, 0.4) is 0 Å². The van der Waals surface area contributed by atoms with Gasteiger partial charge in [-0.2, -0.15) is 18.3 Å². The third-order valence-electron chi connectivity index (χ3n) is 1.86. The summed E-state index contributed by atoms with van der Waals surface area (Å²) in [7, 11) is 0. The van der Waals surface area contributed by atoms with Gasteiger partial charge in [0.25, 0.3) is 0 Å². The summed E-state index contributed by atoms with van der Waals surface area (Å²) in [5.74, 6) is 0. The summed E-state index contributed by atoms with van der Waals surface area (Å²) in [4.78, 5) is 10.8. The van der Waals surface area contributed by atoms with Gasteiger partial charge in [-0.15, -0.1) is 0 Å². The van der Waals surface area contributed by atoms with Crippen molar-refractivity contribution in [3.05, 3.63) is 35.4 Å². The van der Waals surface area contributed by atoms with Crippen LogP contribution in [0.1, 0.15) is 18.1 Å². The molecule has 7 heteroatoms. The first-order valence-corrected chi connectivity index (χ1v) is 5.06. The molecule has 0 aliphatic carbocycles. The fourth-order valence-electron chi connectivity index (χ4n) is 1.12. The molecule has 1 N–H and O–H groups in total. The number of benzene rings is 1. The number of nitrogens with one attached hydrogen (secondary N) is 1. The van der Waals surface area contributed by atoms with Gasteiger partial charge in [-0.3, -0.25) is 0 Å². The monoisotopic (exact) mass is 260 g/mol. The second-order valence-electron chi connectivity index (χ2n) is 3.21. The normalized spacial score (nSPS) is 11.6. The van der Waals surface area contributed by atoms with Crippen molar-refractivity contribution in [3.8, 4) is 0 Å². The molecule has 1 rings (SSSR count). The number of rotatable bonds is 3. The molecule has 18 heavy (non-hydrogen) atoms. The van der Waals surface area contributed by atoms with Gasteiger partial charge in [-0.1, -0.05) is 12.1 Å². The van der Waals surface area contributed by atoms with E-state index < -0.39 is 17.8 Å². The molecule has 0 aromatic heterocycles. The van der Waals surface area contributed by atoms with Crippen molar-refractivity contribution < 1.29 is 22.7 Å². The van der Waals surface area contributed by atoms with Crippen LogP contribution in [0.2, 0.25) is 0 Å². The molecular weight excluding hydrogens is 249 g/mol. The van der Waals surface area contributed by atoms with Crippen LogP contribution >= 0.6 is 0 Å². The maximum Gasteiger partial charge on any atom is 0.427 e. The number of hydrazone groups is 1. The van der Waals surface area contributed by atoms with Crippen LogP contribution < -0.4 is 5.43 Å². The predicted molar refractivity (Wildman–Crippen MR) is 59.2 cm³/mol. The average Bonchev–Trinajstić information content (AvgIpc) is 2.29. The molecule has 1 aromatic carbocycles. The Morgan fingerprint density at radius 2 is 2.22 bits per heavy atom. The van der Waals surface area contributed by atoms with Crippen LogP contribution in [0, 0.1) is 0 Å². The topological polar surface area (TPSA) is 50.7 Å². The third kappa shape index (κ3) is 4.44. The highest BCUT2D eigenvalue weighted by Gasteiger charge is 2.30. The molecule has 0 aliphatic heterocycles. The van der Waals surface area contributed by atoms with Gasteiger partial charge < -0.3 is 4.74 Å². The molecule has 0 heterocycles. The third-order valence-corrected chi connectivity index (χ3v) is 1.86. The van der Waals surface area contributed by atoms with Crippen LogP contribution in [0.25, 0.3) is 0 Å². The average molecular weight is 260 g/mol. The zero-order valence-electron chi connectivity index (χ0n) is 9.49. The zero-order chi connectivity index (χ0) is 13.6. The van der Waals surface area contributed by atoms with Crippen LogP contribution in [0.5, 0.6) is 0 Å². The van der Waals surface area contributed by atoms with Gasteiger partial charge in [-0.05, 0) is 24.6 Å². The Morgan fingerprint density at radius 1 is 1.50 bits per heavy atom. The van der Waals surface area contributed by atoms with Gasteiger partial charge in [-0.25, -0.2) is 10.2 Å². The van der Waals surface area contributed by atoms with Gasteiger partial charge in [0, 0.05) is 0 Å². The molecule has 0 atom stereocenters. The van der Waals surface area contributed by atoms with E-state index in [0.717, 1.165) is 18.3 Å². The van der Waals surface area contributed by atoms with Crippen molar-refractivity contribution in [1.29, 1.82) is 0 Å². The van der Waals surface area contributed by atoms with Gasteiger partial charge in [0.1, 0.15) is 0 Å². The molecule has 0 saturated heterocycles. The first-order valence-electron chi connectivity index (χ1n) is 5.06. The SMILES string of the molecule is CCOC(=O)N/N=C\c1cccc(C(F)(F)F)c1. The first-order chi connectivity index (χ1) is 8.43. The van der Waals surface area contributed by atoms with Crippen molar-refractivity contribution in [2.45, 2.75) is 13.1 Å². The van der Waals surface area contributed by atoms with E-state index in [9.17, 15) is 18.0 Å². The van der Waals surface area contributed by atoms with E-state index in [-0.39, 0.29) is 12.2 Å². The summed E-state index contributed by atoms with van der Waals surface area (Å²) in [6, 6.07) is 4.58. The standard InChI is InChI=1S/C11H11F3N2O2/c1-2-18-10(17)16-15-7-8-4-3-5-9(6-8)11(12,13)14/h3-7H,2H2,1H3,(H,16,17)/b15-7-. The van der Waals surface area contributed by atoms with E-state index >= 15 is 0 Å². The molecule has 0 fully saturated rings. The number of ether oxygens (including phenoxy) is 1. The molecule has 98 valence electrons. The number of halogens is 3. The Bertz CT molecular complexity index is 444. The largest absolute Gasteiger partial charge is 0.449 e. The molecule has 0 bridgehead atoms. The predicted octanol–water partition coefficient (Wildman–Crippen LogP) is 2.79. The number of carbonyl (C=O) groups excluding carboxylic acids is 1. The number of nitrogens with zero attached hydrogens (tertiary/aromatic N) is 1. The number of hydrogen-bond acceptors (Lipinski definition) is 3. The van der Waals surface area contributed by atoms with Crippen molar-refractivity contribution in [1.82, 2.24) is 5.43 Å². The number of amides is 1. The lowest BCUT2D eigenvalue weighted by molar-refractivity contribution is -0.137. The lowest BCUT2D eigenvalue weighted by Gasteiger charge is -2.06. The highest BCUT2D eigenvalue weighted by Crippen LogP contribution is 2.29. The first kappa shape index (κ1) is 14.0. The lowest BCUT2D eigenvalue weighted by atomic mass is 10.1. The van der Waals surface area contributed by atoms with Crippen molar-refractivity contribution in [2.24, 2.45) is 5.10 Å². The minimum absolute atomic E-state index is 0.185. The van der Waals surface area contributed by atoms with E-state index in [2.05, 4.69) is 9.84 Å². The van der Waals surface area contributed by atoms with Crippen molar-refractivity contribution >= 4 is 12.3 Å². The Balaban J connectivity index is 2.68. The Labute approximate surface area is 101 Å². The summed E-state index contributed by atoms with van der Waals surface area (Å²) < 4.78 is 41.7. The van der Waals surface area contributed by atoms with E-state index in [1.807, 2.05) is 5.43 Å². The quantitative estimate of drug-likeness (QED) is 0.671. The maximum absolute atomic E-state index is 12.4. The fourth-order valence-corrected chi connectivity index (χ4v) is 1.12. The van der Waals surface area contributed by atoms with Gasteiger partial charge >= 0.3 is 12.3 Å². The number of alkyl halides is 3. The summed E-state index contributed by atoms with van der Waals surface area (Å²) in [5, 5.41) is 3.47. The second kappa shape index (κ2) is 6.04. The highest BCUT2D eigenvalue weighted by molar-refractivity contribution is 5.81. The summed E-state index contributed by atoms with van der Waals surface area (Å²) >= 11 is 0. The van der Waals surface area contributed by atoms with Crippen molar-refractivity contribution in [2.75, 3.05) is 6.61 Å².